The van der Waals surface area contributed by atoms with Gasteiger partial charge in [0.2, 0.25) is 5.88 Å². The summed E-state index contributed by atoms with van der Waals surface area (Å²) in [6.45, 7) is 4.31. The van der Waals surface area contributed by atoms with Crippen LogP contribution in [0.2, 0.25) is 0 Å². The van der Waals surface area contributed by atoms with Gasteiger partial charge in [-0.3, -0.25) is 0 Å². The van der Waals surface area contributed by atoms with Crippen LogP contribution in [0.1, 0.15) is 45.5 Å². The predicted octanol–water partition coefficient (Wildman–Crippen LogP) is 6.55. The summed E-state index contributed by atoms with van der Waals surface area (Å²) in [6, 6.07) is 25.8. The average molecular weight is 551 g/mol. The summed E-state index contributed by atoms with van der Waals surface area (Å²) in [6.07, 6.45) is 0. The number of hydrogen-bond donors (Lipinski definition) is 1. The highest BCUT2D eigenvalue weighted by Gasteiger charge is 2.32. The number of halogens is 1. The molecule has 8 heteroatoms. The maximum atomic E-state index is 13.3. The minimum absolute atomic E-state index is 0.0398. The van der Waals surface area contributed by atoms with Crippen LogP contribution in [0, 0.1) is 24.1 Å². The van der Waals surface area contributed by atoms with Gasteiger partial charge in [0.05, 0.1) is 18.1 Å². The van der Waals surface area contributed by atoms with E-state index in [9.17, 15) is 14.4 Å². The van der Waals surface area contributed by atoms with Crippen LogP contribution in [0.5, 0.6) is 23.0 Å². The zero-order valence-electron chi connectivity index (χ0n) is 22.5. The Balaban J connectivity index is 1.45. The number of hydrogen-bond acceptors (Lipinski definition) is 7. The standard InChI is InChI=1S/C33H27FN2O5/c1-3-38-30-16-22(10-15-28(30)39-19-21-8-11-23(34)12-9-21)31-26-14-13-24(17-29(26)41-32(36)27(31)18-35)40-33(37)25-7-5-4-6-20(25)2/h4-17,31H,3,19,36H2,1-2H3. The van der Waals surface area contributed by atoms with Crippen molar-refractivity contribution in [1.82, 2.24) is 0 Å². The van der Waals surface area contributed by atoms with Crippen molar-refractivity contribution in [1.29, 1.82) is 5.26 Å². The summed E-state index contributed by atoms with van der Waals surface area (Å²) in [5.74, 6) is 0.231. The smallest absolute Gasteiger partial charge is 0.343 e. The topological polar surface area (TPSA) is 104 Å². The van der Waals surface area contributed by atoms with Crippen LogP contribution in [-0.2, 0) is 6.61 Å². The molecule has 5 rings (SSSR count). The quantitative estimate of drug-likeness (QED) is 0.196. The number of carbonyl (C=O) groups excluding carboxylic acids is 1. The van der Waals surface area contributed by atoms with E-state index in [1.807, 2.05) is 32.0 Å². The van der Waals surface area contributed by atoms with Crippen molar-refractivity contribution >= 4 is 5.97 Å². The highest BCUT2D eigenvalue weighted by molar-refractivity contribution is 5.92. The van der Waals surface area contributed by atoms with Crippen LogP contribution in [0.15, 0.2) is 96.4 Å². The second-order valence-electron chi connectivity index (χ2n) is 9.38. The Hall–Kier alpha value is -5.29. The molecule has 0 fully saturated rings. The number of esters is 1. The Labute approximate surface area is 237 Å². The van der Waals surface area contributed by atoms with E-state index in [2.05, 4.69) is 6.07 Å². The van der Waals surface area contributed by atoms with E-state index in [4.69, 9.17) is 24.7 Å². The van der Waals surface area contributed by atoms with Crippen molar-refractivity contribution in [3.05, 3.63) is 130 Å². The average Bonchev–Trinajstić information content (AvgIpc) is 2.97. The van der Waals surface area contributed by atoms with Gasteiger partial charge in [-0.2, -0.15) is 5.26 Å². The first-order valence-corrected chi connectivity index (χ1v) is 13.0. The van der Waals surface area contributed by atoms with Crippen LogP contribution >= 0.6 is 0 Å². The largest absolute Gasteiger partial charge is 0.490 e. The van der Waals surface area contributed by atoms with Crippen LogP contribution in [0.25, 0.3) is 0 Å². The van der Waals surface area contributed by atoms with E-state index in [1.165, 1.54) is 12.1 Å². The third-order valence-corrected chi connectivity index (χ3v) is 6.67. The van der Waals surface area contributed by atoms with Gasteiger partial charge < -0.3 is 24.7 Å². The number of benzene rings is 4. The maximum Gasteiger partial charge on any atom is 0.343 e. The van der Waals surface area contributed by atoms with Crippen molar-refractivity contribution in [2.45, 2.75) is 26.4 Å². The van der Waals surface area contributed by atoms with Gasteiger partial charge in [0.15, 0.2) is 11.5 Å². The lowest BCUT2D eigenvalue weighted by atomic mass is 9.83. The van der Waals surface area contributed by atoms with E-state index in [1.54, 1.807) is 54.6 Å². The van der Waals surface area contributed by atoms with E-state index in [-0.39, 0.29) is 29.6 Å². The lowest BCUT2D eigenvalue weighted by Crippen LogP contribution is -2.21. The van der Waals surface area contributed by atoms with Crippen molar-refractivity contribution in [3.8, 4) is 29.1 Å². The molecule has 0 saturated heterocycles. The molecule has 1 heterocycles. The van der Waals surface area contributed by atoms with E-state index in [0.29, 0.717) is 35.0 Å². The number of fused-ring (bicyclic) bond motifs is 1. The van der Waals surface area contributed by atoms with E-state index in [0.717, 1.165) is 16.7 Å². The Morgan fingerprint density at radius 3 is 2.51 bits per heavy atom. The van der Waals surface area contributed by atoms with Crippen molar-refractivity contribution in [2.75, 3.05) is 6.61 Å². The van der Waals surface area contributed by atoms with Crippen LogP contribution in [-0.4, -0.2) is 12.6 Å². The Morgan fingerprint density at radius 2 is 1.78 bits per heavy atom. The first-order valence-electron chi connectivity index (χ1n) is 13.0. The molecule has 1 atom stereocenters. The number of nitriles is 1. The number of nitrogens with two attached hydrogens (primary N) is 1. The summed E-state index contributed by atoms with van der Waals surface area (Å²) in [5, 5.41) is 9.98. The van der Waals surface area contributed by atoms with Gasteiger partial charge in [-0.05, 0) is 66.9 Å². The molecular weight excluding hydrogens is 523 g/mol. The number of nitrogens with zero attached hydrogens (tertiary/aromatic N) is 1. The van der Waals surface area contributed by atoms with Crippen molar-refractivity contribution < 1.29 is 28.1 Å². The molecule has 0 aromatic heterocycles. The molecule has 1 unspecified atom stereocenters. The fourth-order valence-corrected chi connectivity index (χ4v) is 4.64. The minimum atomic E-state index is -0.560. The molecule has 4 aromatic carbocycles. The number of allylic oxidation sites excluding steroid dienone is 1. The molecule has 41 heavy (non-hydrogen) atoms. The highest BCUT2D eigenvalue weighted by Crippen LogP contribution is 2.45. The molecule has 0 aliphatic carbocycles. The van der Waals surface area contributed by atoms with Crippen LogP contribution in [0.4, 0.5) is 4.39 Å². The monoisotopic (exact) mass is 550 g/mol. The molecule has 0 amide bonds. The van der Waals surface area contributed by atoms with Gasteiger partial charge in [0, 0.05) is 11.6 Å². The number of carbonyl (C=O) groups is 1. The van der Waals surface area contributed by atoms with E-state index >= 15 is 0 Å². The summed E-state index contributed by atoms with van der Waals surface area (Å²) in [7, 11) is 0. The van der Waals surface area contributed by atoms with Crippen molar-refractivity contribution in [3.63, 3.8) is 0 Å². The molecule has 7 nitrogen and oxygen atoms in total. The minimum Gasteiger partial charge on any atom is -0.490 e. The summed E-state index contributed by atoms with van der Waals surface area (Å²) < 4.78 is 36.5. The molecule has 0 spiro atoms. The first kappa shape index (κ1) is 27.3. The number of ether oxygens (including phenoxy) is 4. The van der Waals surface area contributed by atoms with Gasteiger partial charge in [-0.1, -0.05) is 42.5 Å². The zero-order chi connectivity index (χ0) is 28.9. The molecule has 2 N–H and O–H groups in total. The molecule has 1 aliphatic heterocycles. The molecule has 206 valence electrons. The fraction of sp³-hybridized carbons (Fsp3) is 0.152. The summed E-state index contributed by atoms with van der Waals surface area (Å²) in [5.41, 5.74) is 9.90. The van der Waals surface area contributed by atoms with Gasteiger partial charge >= 0.3 is 5.97 Å². The first-order chi connectivity index (χ1) is 19.9. The Morgan fingerprint density at radius 1 is 1.00 bits per heavy atom. The van der Waals surface area contributed by atoms with Crippen LogP contribution in [0.3, 0.4) is 0 Å². The van der Waals surface area contributed by atoms with Gasteiger partial charge in [-0.15, -0.1) is 0 Å². The second-order valence-corrected chi connectivity index (χ2v) is 9.38. The summed E-state index contributed by atoms with van der Waals surface area (Å²) in [4.78, 5) is 12.8. The van der Waals surface area contributed by atoms with Crippen molar-refractivity contribution in [2.24, 2.45) is 5.73 Å². The SMILES string of the molecule is CCOc1cc(C2C(C#N)=C(N)Oc3cc(OC(=O)c4ccccc4C)ccc32)ccc1OCc1ccc(F)cc1. The molecule has 0 bridgehead atoms. The normalized spacial score (nSPS) is 14.0. The van der Waals surface area contributed by atoms with Crippen LogP contribution < -0.4 is 24.7 Å². The number of aryl methyl sites for hydroxylation is 1. The third kappa shape index (κ3) is 5.85. The molecule has 4 aromatic rings. The molecular formula is C33H27FN2O5. The number of rotatable bonds is 8. The molecule has 0 radical (unpaired) electrons. The Bertz CT molecular complexity index is 1670. The third-order valence-electron chi connectivity index (χ3n) is 6.67. The molecule has 0 saturated carbocycles. The van der Waals surface area contributed by atoms with Gasteiger partial charge in [0.1, 0.15) is 35.6 Å². The van der Waals surface area contributed by atoms with Gasteiger partial charge in [-0.25, -0.2) is 9.18 Å². The molecule has 1 aliphatic rings. The van der Waals surface area contributed by atoms with Gasteiger partial charge in [0.25, 0.3) is 0 Å². The maximum absolute atomic E-state index is 13.3. The predicted molar refractivity (Wildman–Crippen MR) is 150 cm³/mol. The lowest BCUT2D eigenvalue weighted by molar-refractivity contribution is 0.0733. The fourth-order valence-electron chi connectivity index (χ4n) is 4.64. The lowest BCUT2D eigenvalue weighted by Gasteiger charge is -2.27. The zero-order valence-corrected chi connectivity index (χ0v) is 22.5. The summed E-state index contributed by atoms with van der Waals surface area (Å²) >= 11 is 0. The van der Waals surface area contributed by atoms with E-state index < -0.39 is 11.9 Å². The highest BCUT2D eigenvalue weighted by atomic mass is 19.1. The second kappa shape index (κ2) is 11.8. The Kier molecular flexibility index (Phi) is 7.88.